The van der Waals surface area contributed by atoms with Crippen molar-refractivity contribution in [3.05, 3.63) is 76.7 Å². The van der Waals surface area contributed by atoms with Crippen molar-refractivity contribution in [2.45, 2.75) is 17.7 Å². The molecule has 0 aliphatic heterocycles. The molecule has 2 aromatic carbocycles. The summed E-state index contributed by atoms with van der Waals surface area (Å²) in [7, 11) is 1.36. The lowest BCUT2D eigenvalue weighted by molar-refractivity contribution is -0.134. The van der Waals surface area contributed by atoms with E-state index < -0.39 is 0 Å². The van der Waals surface area contributed by atoms with Gasteiger partial charge in [-0.1, -0.05) is 60.3 Å². The number of ether oxygens (including phenoxy) is 1. The van der Waals surface area contributed by atoms with Crippen molar-refractivity contribution in [2.24, 2.45) is 0 Å². The highest BCUT2D eigenvalue weighted by atomic mass is 32.2. The second-order valence-corrected chi connectivity index (χ2v) is 6.05. The van der Waals surface area contributed by atoms with Crippen LogP contribution in [0.4, 0.5) is 0 Å². The maximum atomic E-state index is 11.6. The lowest BCUT2D eigenvalue weighted by atomic mass is 10.1. The minimum atomic E-state index is -0.385. The van der Waals surface area contributed by atoms with Gasteiger partial charge in [-0.15, -0.1) is 0 Å². The number of hydrogen-bond acceptors (Lipinski definition) is 4. The van der Waals surface area contributed by atoms with Crippen molar-refractivity contribution in [3.63, 3.8) is 0 Å². The molecule has 0 fully saturated rings. The third-order valence-electron chi connectivity index (χ3n) is 3.27. The summed E-state index contributed by atoms with van der Waals surface area (Å²) in [6.07, 6.45) is 3.85. The van der Waals surface area contributed by atoms with Crippen LogP contribution in [0.3, 0.4) is 0 Å². The van der Waals surface area contributed by atoms with Crippen LogP contribution in [0.25, 0.3) is 0 Å². The van der Waals surface area contributed by atoms with Crippen molar-refractivity contribution in [3.8, 4) is 0 Å². The van der Waals surface area contributed by atoms with Gasteiger partial charge in [-0.05, 0) is 29.4 Å². The zero-order valence-corrected chi connectivity index (χ0v) is 13.7. The topological polar surface area (TPSA) is 43.4 Å². The predicted octanol–water partition coefficient (Wildman–Crippen LogP) is 4.28. The Kier molecular flexibility index (Phi) is 6.63. The van der Waals surface area contributed by atoms with E-state index in [1.165, 1.54) is 30.5 Å². The largest absolute Gasteiger partial charge is 0.466 e. The first-order valence-electron chi connectivity index (χ1n) is 7.27. The summed E-state index contributed by atoms with van der Waals surface area (Å²) in [5.41, 5.74) is 1.82. The summed E-state index contributed by atoms with van der Waals surface area (Å²) in [6, 6.07) is 17.4. The number of aldehydes is 1. The molecule has 0 atom stereocenters. The van der Waals surface area contributed by atoms with Gasteiger partial charge in [0.25, 0.3) is 0 Å². The summed E-state index contributed by atoms with van der Waals surface area (Å²) in [5, 5.41) is 0. The molecule has 0 aromatic heterocycles. The van der Waals surface area contributed by atoms with Crippen LogP contribution in [0.1, 0.15) is 22.3 Å². The summed E-state index contributed by atoms with van der Waals surface area (Å²) >= 11 is 1.43. The van der Waals surface area contributed by atoms with Gasteiger partial charge in [0.1, 0.15) is 0 Å². The zero-order valence-electron chi connectivity index (χ0n) is 12.9. The van der Waals surface area contributed by atoms with Crippen LogP contribution < -0.4 is 0 Å². The number of benzene rings is 2. The SMILES string of the molecule is COC(=O)/C=C(\CCc1ccccc1)Sc1ccccc1C=O. The summed E-state index contributed by atoms with van der Waals surface area (Å²) in [4.78, 5) is 24.4. The highest BCUT2D eigenvalue weighted by Crippen LogP contribution is 2.31. The van der Waals surface area contributed by atoms with Crippen LogP contribution in [-0.2, 0) is 16.0 Å². The molecule has 0 saturated heterocycles. The molecule has 0 bridgehead atoms. The van der Waals surface area contributed by atoms with Crippen LogP contribution in [0, 0.1) is 0 Å². The Morgan fingerprint density at radius 2 is 1.78 bits per heavy atom. The Labute approximate surface area is 140 Å². The van der Waals surface area contributed by atoms with Gasteiger partial charge >= 0.3 is 5.97 Å². The molecule has 2 rings (SSSR count). The monoisotopic (exact) mass is 326 g/mol. The number of allylic oxidation sites excluding steroid dienone is 1. The van der Waals surface area contributed by atoms with E-state index in [1.807, 2.05) is 36.4 Å². The quantitative estimate of drug-likeness (QED) is 0.330. The third-order valence-corrected chi connectivity index (χ3v) is 4.45. The first-order chi connectivity index (χ1) is 11.2. The van der Waals surface area contributed by atoms with Gasteiger partial charge in [0.05, 0.1) is 7.11 Å². The molecule has 0 N–H and O–H groups in total. The Bertz CT molecular complexity index is 693. The number of thioether (sulfide) groups is 1. The van der Waals surface area contributed by atoms with Crippen molar-refractivity contribution in [1.82, 2.24) is 0 Å². The molecule has 0 unspecified atom stereocenters. The second-order valence-electron chi connectivity index (χ2n) is 4.88. The van der Waals surface area contributed by atoms with E-state index in [2.05, 4.69) is 12.1 Å². The molecule has 0 amide bonds. The number of methoxy groups -OCH3 is 1. The minimum Gasteiger partial charge on any atom is -0.466 e. The van der Waals surface area contributed by atoms with Gasteiger partial charge in [0.2, 0.25) is 0 Å². The number of aryl methyl sites for hydroxylation is 1. The molecule has 118 valence electrons. The minimum absolute atomic E-state index is 0.385. The molecule has 0 aliphatic rings. The van der Waals surface area contributed by atoms with Crippen molar-refractivity contribution >= 4 is 24.0 Å². The summed E-state index contributed by atoms with van der Waals surface area (Å²) in [5.74, 6) is -0.385. The smallest absolute Gasteiger partial charge is 0.331 e. The highest BCUT2D eigenvalue weighted by molar-refractivity contribution is 8.03. The molecular formula is C19H18O3S. The third kappa shape index (κ3) is 5.42. The zero-order chi connectivity index (χ0) is 16.5. The van der Waals surface area contributed by atoms with Gasteiger partial charge in [-0.25, -0.2) is 4.79 Å². The number of rotatable bonds is 7. The van der Waals surface area contributed by atoms with Crippen LogP contribution >= 0.6 is 11.8 Å². The molecule has 3 nitrogen and oxygen atoms in total. The molecule has 23 heavy (non-hydrogen) atoms. The Hall–Kier alpha value is -2.33. The molecule has 4 heteroatoms. The van der Waals surface area contributed by atoms with Crippen LogP contribution in [0.5, 0.6) is 0 Å². The standard InChI is InChI=1S/C19H18O3S/c1-22-19(21)13-17(12-11-15-7-3-2-4-8-15)23-18-10-6-5-9-16(18)14-20/h2-10,13-14H,11-12H2,1H3/b17-13+. The molecule has 0 radical (unpaired) electrons. The van der Waals surface area contributed by atoms with E-state index in [0.29, 0.717) is 12.0 Å². The van der Waals surface area contributed by atoms with E-state index in [-0.39, 0.29) is 5.97 Å². The normalized spacial score (nSPS) is 11.1. The fraction of sp³-hybridized carbons (Fsp3) is 0.158. The average Bonchev–Trinajstić information content (AvgIpc) is 2.60. The van der Waals surface area contributed by atoms with E-state index in [9.17, 15) is 9.59 Å². The first kappa shape index (κ1) is 17.0. The predicted molar refractivity (Wildman–Crippen MR) is 92.5 cm³/mol. The Balaban J connectivity index is 2.16. The van der Waals surface area contributed by atoms with Crippen LogP contribution in [0.2, 0.25) is 0 Å². The summed E-state index contributed by atoms with van der Waals surface area (Å²) < 4.78 is 4.73. The fourth-order valence-electron chi connectivity index (χ4n) is 2.07. The molecule has 0 spiro atoms. The van der Waals surface area contributed by atoms with E-state index in [4.69, 9.17) is 4.74 Å². The first-order valence-corrected chi connectivity index (χ1v) is 8.09. The fourth-order valence-corrected chi connectivity index (χ4v) is 3.09. The number of carbonyl (C=O) groups is 2. The lowest BCUT2D eigenvalue weighted by Crippen LogP contribution is -1.98. The van der Waals surface area contributed by atoms with Crippen LogP contribution in [-0.4, -0.2) is 19.4 Å². The second kappa shape index (κ2) is 8.96. The van der Waals surface area contributed by atoms with Gasteiger partial charge in [0, 0.05) is 16.5 Å². The highest BCUT2D eigenvalue weighted by Gasteiger charge is 2.08. The van der Waals surface area contributed by atoms with E-state index >= 15 is 0 Å². The maximum Gasteiger partial charge on any atom is 0.331 e. The lowest BCUT2D eigenvalue weighted by Gasteiger charge is -2.09. The van der Waals surface area contributed by atoms with Crippen molar-refractivity contribution in [1.29, 1.82) is 0 Å². The molecule has 0 saturated carbocycles. The Morgan fingerprint density at radius 1 is 1.09 bits per heavy atom. The van der Waals surface area contributed by atoms with Gasteiger partial charge < -0.3 is 4.74 Å². The average molecular weight is 326 g/mol. The number of esters is 1. The van der Waals surface area contributed by atoms with E-state index in [1.54, 1.807) is 6.07 Å². The van der Waals surface area contributed by atoms with E-state index in [0.717, 1.165) is 22.5 Å². The molecule has 0 aliphatic carbocycles. The maximum absolute atomic E-state index is 11.6. The number of hydrogen-bond donors (Lipinski definition) is 0. The Morgan fingerprint density at radius 3 is 2.48 bits per heavy atom. The molecule has 2 aromatic rings. The molecule has 0 heterocycles. The van der Waals surface area contributed by atoms with Gasteiger partial charge in [-0.2, -0.15) is 0 Å². The summed E-state index contributed by atoms with van der Waals surface area (Å²) in [6.45, 7) is 0. The van der Waals surface area contributed by atoms with Crippen LogP contribution in [0.15, 0.2) is 70.5 Å². The van der Waals surface area contributed by atoms with Crippen molar-refractivity contribution < 1.29 is 14.3 Å². The van der Waals surface area contributed by atoms with Gasteiger partial charge in [-0.3, -0.25) is 4.79 Å². The number of carbonyl (C=O) groups excluding carboxylic acids is 2. The van der Waals surface area contributed by atoms with Gasteiger partial charge in [0.15, 0.2) is 6.29 Å². The van der Waals surface area contributed by atoms with Crippen molar-refractivity contribution in [2.75, 3.05) is 7.11 Å². The molecular weight excluding hydrogens is 308 g/mol.